The average molecular weight is 288 g/mol. The van der Waals surface area contributed by atoms with E-state index in [0.717, 1.165) is 38.8 Å². The van der Waals surface area contributed by atoms with E-state index in [-0.39, 0.29) is 0 Å². The number of likely N-dealkylation sites (tertiary alicyclic amines) is 1. The summed E-state index contributed by atoms with van der Waals surface area (Å²) in [5.41, 5.74) is 0. The second kappa shape index (κ2) is 5.43. The van der Waals surface area contributed by atoms with Crippen LogP contribution < -0.4 is 0 Å². The minimum Gasteiger partial charge on any atom is -0.342 e. The first-order chi connectivity index (χ1) is 10.3. The maximum atomic E-state index is 12.5. The quantitative estimate of drug-likeness (QED) is 0.858. The third-order valence-corrected chi connectivity index (χ3v) is 5.42. The van der Waals surface area contributed by atoms with E-state index >= 15 is 0 Å². The lowest BCUT2D eigenvalue weighted by molar-refractivity contribution is -0.136. The molecular weight excluding hydrogens is 264 g/mol. The number of hydrogen-bond donors (Lipinski definition) is 0. The average Bonchev–Trinajstić information content (AvgIpc) is 3.05. The third-order valence-electron chi connectivity index (χ3n) is 5.42. The molecule has 0 aromatic carbocycles. The Morgan fingerprint density at radius 1 is 1.05 bits per heavy atom. The molecule has 1 saturated heterocycles. The van der Waals surface area contributed by atoms with Gasteiger partial charge < -0.3 is 9.47 Å². The number of rotatable bonds is 3. The van der Waals surface area contributed by atoms with Crippen molar-refractivity contribution < 1.29 is 4.79 Å². The molecule has 5 heteroatoms. The van der Waals surface area contributed by atoms with Gasteiger partial charge >= 0.3 is 0 Å². The highest BCUT2D eigenvalue weighted by molar-refractivity contribution is 5.79. The molecule has 1 aliphatic heterocycles. The van der Waals surface area contributed by atoms with Crippen molar-refractivity contribution in [3.05, 3.63) is 12.2 Å². The van der Waals surface area contributed by atoms with Crippen LogP contribution >= 0.6 is 0 Å². The zero-order valence-corrected chi connectivity index (χ0v) is 12.6. The van der Waals surface area contributed by atoms with Gasteiger partial charge in [0, 0.05) is 31.0 Å². The van der Waals surface area contributed by atoms with E-state index in [4.69, 9.17) is 0 Å². The number of carbonyl (C=O) groups is 1. The molecule has 1 aromatic rings. The molecule has 0 spiro atoms. The first-order valence-corrected chi connectivity index (χ1v) is 8.51. The van der Waals surface area contributed by atoms with Crippen molar-refractivity contribution in [3.8, 4) is 0 Å². The van der Waals surface area contributed by atoms with Gasteiger partial charge in [0.2, 0.25) is 5.91 Å². The van der Waals surface area contributed by atoms with Gasteiger partial charge in [0.05, 0.1) is 0 Å². The molecule has 0 radical (unpaired) electrons. The Balaban J connectivity index is 1.37. The van der Waals surface area contributed by atoms with Crippen molar-refractivity contribution in [2.24, 2.45) is 5.92 Å². The van der Waals surface area contributed by atoms with Crippen LogP contribution in [-0.4, -0.2) is 38.7 Å². The van der Waals surface area contributed by atoms with Crippen LogP contribution in [-0.2, 0) is 4.79 Å². The van der Waals surface area contributed by atoms with Crippen LogP contribution in [0.25, 0.3) is 0 Å². The molecule has 2 saturated carbocycles. The number of aromatic nitrogens is 3. The molecule has 2 aliphatic carbocycles. The van der Waals surface area contributed by atoms with Crippen molar-refractivity contribution in [2.75, 3.05) is 13.1 Å². The lowest BCUT2D eigenvalue weighted by Crippen LogP contribution is -2.41. The molecule has 1 amide bonds. The van der Waals surface area contributed by atoms with Crippen molar-refractivity contribution in [1.29, 1.82) is 0 Å². The van der Waals surface area contributed by atoms with Gasteiger partial charge in [-0.05, 0) is 38.5 Å². The number of hydrogen-bond acceptors (Lipinski definition) is 3. The third kappa shape index (κ3) is 2.58. The summed E-state index contributed by atoms with van der Waals surface area (Å²) < 4.78 is 2.29. The minimum atomic E-state index is 0.318. The van der Waals surface area contributed by atoms with E-state index in [0.29, 0.717) is 23.8 Å². The van der Waals surface area contributed by atoms with Crippen molar-refractivity contribution in [3.63, 3.8) is 0 Å². The minimum absolute atomic E-state index is 0.318. The maximum Gasteiger partial charge on any atom is 0.225 e. The lowest BCUT2D eigenvalue weighted by Gasteiger charge is -2.34. The second-order valence-electron chi connectivity index (χ2n) is 6.91. The molecule has 3 aliphatic rings. The summed E-state index contributed by atoms with van der Waals surface area (Å²) in [5, 5.41) is 8.41. The predicted octanol–water partition coefficient (Wildman–Crippen LogP) is 2.51. The maximum absolute atomic E-state index is 12.5. The molecule has 21 heavy (non-hydrogen) atoms. The van der Waals surface area contributed by atoms with E-state index in [1.807, 2.05) is 6.33 Å². The fourth-order valence-corrected chi connectivity index (χ4v) is 3.96. The molecule has 0 atom stereocenters. The van der Waals surface area contributed by atoms with Crippen LogP contribution in [0.3, 0.4) is 0 Å². The molecule has 2 heterocycles. The molecule has 0 unspecified atom stereocenters. The van der Waals surface area contributed by atoms with E-state index in [1.165, 1.54) is 31.5 Å². The van der Waals surface area contributed by atoms with Gasteiger partial charge in [-0.1, -0.05) is 12.8 Å². The molecule has 5 nitrogen and oxygen atoms in total. The summed E-state index contributed by atoms with van der Waals surface area (Å²) in [6.07, 6.45) is 11.2. The first kappa shape index (κ1) is 13.3. The highest BCUT2D eigenvalue weighted by Crippen LogP contribution is 2.40. The molecule has 114 valence electrons. The Kier molecular flexibility index (Phi) is 3.43. The molecule has 0 N–H and O–H groups in total. The van der Waals surface area contributed by atoms with Gasteiger partial charge in [-0.3, -0.25) is 4.79 Å². The summed E-state index contributed by atoms with van der Waals surface area (Å²) in [7, 11) is 0. The summed E-state index contributed by atoms with van der Waals surface area (Å²) in [5.74, 6) is 2.55. The molecule has 4 rings (SSSR count). The fourth-order valence-electron chi connectivity index (χ4n) is 3.96. The summed E-state index contributed by atoms with van der Waals surface area (Å²) in [4.78, 5) is 14.6. The fraction of sp³-hybridized carbons (Fsp3) is 0.812. The standard InChI is InChI=1S/C16H24N4O/c21-16(13-3-1-2-4-13)19-9-7-14(8-10-19)20-11-17-18-15(20)12-5-6-12/h11-14H,1-10H2. The van der Waals surface area contributed by atoms with Crippen molar-refractivity contribution >= 4 is 5.91 Å². The van der Waals surface area contributed by atoms with Crippen LogP contribution in [0.1, 0.15) is 69.2 Å². The SMILES string of the molecule is O=C(C1CCCC1)N1CCC(n2cnnc2C2CC2)CC1. The predicted molar refractivity (Wildman–Crippen MR) is 78.8 cm³/mol. The largest absolute Gasteiger partial charge is 0.342 e. The van der Waals surface area contributed by atoms with Gasteiger partial charge in [0.25, 0.3) is 0 Å². The van der Waals surface area contributed by atoms with E-state index < -0.39 is 0 Å². The zero-order valence-electron chi connectivity index (χ0n) is 12.6. The van der Waals surface area contributed by atoms with Crippen LogP contribution in [0.2, 0.25) is 0 Å². The number of carbonyl (C=O) groups excluding carboxylic acids is 1. The summed E-state index contributed by atoms with van der Waals surface area (Å²) >= 11 is 0. The first-order valence-electron chi connectivity index (χ1n) is 8.51. The van der Waals surface area contributed by atoms with Crippen LogP contribution in [0.15, 0.2) is 6.33 Å². The Morgan fingerprint density at radius 2 is 1.76 bits per heavy atom. The van der Waals surface area contributed by atoms with Crippen LogP contribution in [0.4, 0.5) is 0 Å². The van der Waals surface area contributed by atoms with E-state index in [2.05, 4.69) is 19.7 Å². The molecular formula is C16H24N4O. The smallest absolute Gasteiger partial charge is 0.225 e. The van der Waals surface area contributed by atoms with Gasteiger partial charge in [0.15, 0.2) is 0 Å². The van der Waals surface area contributed by atoms with Gasteiger partial charge in [-0.2, -0.15) is 0 Å². The zero-order chi connectivity index (χ0) is 14.2. The molecule has 0 bridgehead atoms. The van der Waals surface area contributed by atoms with Crippen LogP contribution in [0.5, 0.6) is 0 Å². The topological polar surface area (TPSA) is 51.0 Å². The van der Waals surface area contributed by atoms with E-state index in [1.54, 1.807) is 0 Å². The normalized spacial score (nSPS) is 24.7. The number of amides is 1. The van der Waals surface area contributed by atoms with Crippen LogP contribution in [0, 0.1) is 5.92 Å². The van der Waals surface area contributed by atoms with E-state index in [9.17, 15) is 4.79 Å². The number of piperidine rings is 1. The van der Waals surface area contributed by atoms with Gasteiger partial charge in [-0.15, -0.1) is 10.2 Å². The van der Waals surface area contributed by atoms with Crippen molar-refractivity contribution in [2.45, 2.75) is 63.3 Å². The lowest BCUT2D eigenvalue weighted by atomic mass is 10.0. The Hall–Kier alpha value is -1.39. The van der Waals surface area contributed by atoms with Crippen molar-refractivity contribution in [1.82, 2.24) is 19.7 Å². The monoisotopic (exact) mass is 288 g/mol. The van der Waals surface area contributed by atoms with Gasteiger partial charge in [-0.25, -0.2) is 0 Å². The molecule has 3 fully saturated rings. The highest BCUT2D eigenvalue weighted by Gasteiger charge is 2.34. The Labute approximate surface area is 125 Å². The highest BCUT2D eigenvalue weighted by atomic mass is 16.2. The summed E-state index contributed by atoms with van der Waals surface area (Å²) in [6, 6.07) is 0.489. The molecule has 1 aromatic heterocycles. The number of nitrogens with zero attached hydrogens (tertiary/aromatic N) is 4. The van der Waals surface area contributed by atoms with Gasteiger partial charge in [0.1, 0.15) is 12.2 Å². The summed E-state index contributed by atoms with van der Waals surface area (Å²) in [6.45, 7) is 1.81. The second-order valence-corrected chi connectivity index (χ2v) is 6.91. The Bertz CT molecular complexity index is 508. The Morgan fingerprint density at radius 3 is 2.43 bits per heavy atom.